The topological polar surface area (TPSA) is 96.5 Å². The fourth-order valence-corrected chi connectivity index (χ4v) is 4.13. The summed E-state index contributed by atoms with van der Waals surface area (Å²) in [6.45, 7) is 1.54. The van der Waals surface area contributed by atoms with Crippen LogP contribution in [0.5, 0.6) is 5.75 Å². The molecule has 0 unspecified atom stereocenters. The quantitative estimate of drug-likeness (QED) is 0.608. The molecule has 0 spiro atoms. The third-order valence-electron chi connectivity index (χ3n) is 5.39. The Morgan fingerprint density at radius 2 is 1.94 bits per heavy atom. The first-order chi connectivity index (χ1) is 15.1. The molecule has 1 aliphatic heterocycles. The van der Waals surface area contributed by atoms with Crippen LogP contribution in [0.25, 0.3) is 0 Å². The monoisotopic (exact) mass is 441 g/mol. The molecular formula is C22H27N5O3S. The summed E-state index contributed by atoms with van der Waals surface area (Å²) in [6, 6.07) is 11.4. The van der Waals surface area contributed by atoms with Gasteiger partial charge >= 0.3 is 0 Å². The summed E-state index contributed by atoms with van der Waals surface area (Å²) in [4.78, 5) is 26.7. The Labute approximate surface area is 186 Å². The van der Waals surface area contributed by atoms with E-state index in [0.717, 1.165) is 49.5 Å². The number of benzene rings is 1. The molecule has 164 valence electrons. The minimum atomic E-state index is -0.110. The van der Waals surface area contributed by atoms with Gasteiger partial charge in [-0.25, -0.2) is 0 Å². The van der Waals surface area contributed by atoms with Gasteiger partial charge < -0.3 is 20.3 Å². The molecule has 0 bridgehead atoms. The number of ether oxygens (including phenoxy) is 1. The van der Waals surface area contributed by atoms with Crippen molar-refractivity contribution in [2.24, 2.45) is 5.92 Å². The fourth-order valence-electron chi connectivity index (χ4n) is 3.52. The highest BCUT2D eigenvalue weighted by atomic mass is 32.2. The van der Waals surface area contributed by atoms with E-state index >= 15 is 0 Å². The number of hydrogen-bond donors (Lipinski definition) is 2. The first-order valence-corrected chi connectivity index (χ1v) is 11.5. The SMILES string of the molecule is COc1ccc(NC(=O)CSc2ccc(N3CCC[C@H](C(=O)NC4CC4)C3)nn2)cc1. The number of hydrogen-bond acceptors (Lipinski definition) is 7. The molecule has 2 aromatic rings. The molecule has 4 rings (SSSR count). The molecule has 1 aromatic carbocycles. The first kappa shape index (κ1) is 21.4. The van der Waals surface area contributed by atoms with Crippen LogP contribution >= 0.6 is 11.8 Å². The third kappa shape index (κ3) is 6.10. The van der Waals surface area contributed by atoms with Crippen LogP contribution in [-0.2, 0) is 9.59 Å². The van der Waals surface area contributed by atoms with Crippen LogP contribution in [0.2, 0.25) is 0 Å². The predicted octanol–water partition coefficient (Wildman–Crippen LogP) is 2.71. The van der Waals surface area contributed by atoms with E-state index in [9.17, 15) is 9.59 Å². The Morgan fingerprint density at radius 3 is 2.61 bits per heavy atom. The van der Waals surface area contributed by atoms with Crippen molar-refractivity contribution in [3.63, 3.8) is 0 Å². The van der Waals surface area contributed by atoms with E-state index in [0.29, 0.717) is 17.6 Å². The second-order valence-corrected chi connectivity index (χ2v) is 8.86. The van der Waals surface area contributed by atoms with Gasteiger partial charge in [0.15, 0.2) is 5.82 Å². The number of piperidine rings is 1. The van der Waals surface area contributed by atoms with Crippen LogP contribution in [0, 0.1) is 5.92 Å². The maximum atomic E-state index is 12.4. The second kappa shape index (κ2) is 10.00. The van der Waals surface area contributed by atoms with Crippen molar-refractivity contribution < 1.29 is 14.3 Å². The van der Waals surface area contributed by atoms with Gasteiger partial charge in [0.1, 0.15) is 10.8 Å². The van der Waals surface area contributed by atoms with Gasteiger partial charge in [0.05, 0.1) is 18.8 Å². The third-order valence-corrected chi connectivity index (χ3v) is 6.31. The second-order valence-electron chi connectivity index (χ2n) is 7.86. The van der Waals surface area contributed by atoms with Crippen molar-refractivity contribution in [1.29, 1.82) is 0 Å². The number of nitrogens with zero attached hydrogens (tertiary/aromatic N) is 3. The molecule has 1 aliphatic carbocycles. The highest BCUT2D eigenvalue weighted by molar-refractivity contribution is 7.99. The fraction of sp³-hybridized carbons (Fsp3) is 0.455. The van der Waals surface area contributed by atoms with E-state index in [4.69, 9.17) is 4.74 Å². The molecule has 2 amide bonds. The Bertz CT molecular complexity index is 902. The molecule has 8 nitrogen and oxygen atoms in total. The summed E-state index contributed by atoms with van der Waals surface area (Å²) in [6.07, 6.45) is 4.09. The van der Waals surface area contributed by atoms with E-state index in [1.165, 1.54) is 11.8 Å². The van der Waals surface area contributed by atoms with Crippen molar-refractivity contribution in [2.45, 2.75) is 36.8 Å². The molecule has 2 N–H and O–H groups in total. The molecular weight excluding hydrogens is 414 g/mol. The van der Waals surface area contributed by atoms with Gasteiger partial charge in [-0.05, 0) is 62.1 Å². The molecule has 1 saturated carbocycles. The number of thioether (sulfide) groups is 1. The van der Waals surface area contributed by atoms with E-state index in [2.05, 4.69) is 25.7 Å². The zero-order valence-corrected chi connectivity index (χ0v) is 18.4. The maximum absolute atomic E-state index is 12.4. The molecule has 1 aromatic heterocycles. The minimum Gasteiger partial charge on any atom is -0.497 e. The lowest BCUT2D eigenvalue weighted by Gasteiger charge is -2.32. The van der Waals surface area contributed by atoms with Crippen molar-refractivity contribution in [2.75, 3.05) is 36.2 Å². The Kier molecular flexibility index (Phi) is 6.91. The average Bonchev–Trinajstić information content (AvgIpc) is 3.63. The van der Waals surface area contributed by atoms with E-state index in [-0.39, 0.29) is 23.5 Å². The molecule has 1 saturated heterocycles. The van der Waals surface area contributed by atoms with Gasteiger partial charge in [-0.2, -0.15) is 0 Å². The number of amides is 2. The smallest absolute Gasteiger partial charge is 0.234 e. The largest absolute Gasteiger partial charge is 0.497 e. The van der Waals surface area contributed by atoms with Crippen LogP contribution in [0.4, 0.5) is 11.5 Å². The number of carbonyl (C=O) groups excluding carboxylic acids is 2. The lowest BCUT2D eigenvalue weighted by molar-refractivity contribution is -0.125. The summed E-state index contributed by atoms with van der Waals surface area (Å²) >= 11 is 1.34. The molecule has 2 aliphatic rings. The summed E-state index contributed by atoms with van der Waals surface area (Å²) in [7, 11) is 1.60. The molecule has 2 fully saturated rings. The number of carbonyl (C=O) groups is 2. The van der Waals surface area contributed by atoms with Crippen LogP contribution in [0.3, 0.4) is 0 Å². The van der Waals surface area contributed by atoms with Crippen LogP contribution in [0.1, 0.15) is 25.7 Å². The number of anilines is 2. The zero-order chi connectivity index (χ0) is 21.6. The highest BCUT2D eigenvalue weighted by Gasteiger charge is 2.30. The summed E-state index contributed by atoms with van der Waals surface area (Å²) in [5.74, 6) is 1.82. The van der Waals surface area contributed by atoms with Gasteiger partial charge in [-0.1, -0.05) is 11.8 Å². The van der Waals surface area contributed by atoms with Gasteiger partial charge in [-0.15, -0.1) is 10.2 Å². The summed E-state index contributed by atoms with van der Waals surface area (Å²) < 4.78 is 5.11. The van der Waals surface area contributed by atoms with E-state index in [1.54, 1.807) is 31.4 Å². The van der Waals surface area contributed by atoms with Crippen LogP contribution < -0.4 is 20.3 Å². The van der Waals surface area contributed by atoms with Gasteiger partial charge in [0, 0.05) is 24.8 Å². The van der Waals surface area contributed by atoms with Gasteiger partial charge in [0.2, 0.25) is 11.8 Å². The molecule has 9 heteroatoms. The van der Waals surface area contributed by atoms with Crippen LogP contribution in [-0.4, -0.2) is 54.0 Å². The normalized spacial score (nSPS) is 18.4. The summed E-state index contributed by atoms with van der Waals surface area (Å²) in [5, 5.41) is 15.2. The summed E-state index contributed by atoms with van der Waals surface area (Å²) in [5.41, 5.74) is 0.721. The number of nitrogens with one attached hydrogen (secondary N) is 2. The van der Waals surface area contributed by atoms with Gasteiger partial charge in [0.25, 0.3) is 0 Å². The predicted molar refractivity (Wildman–Crippen MR) is 120 cm³/mol. The Balaban J connectivity index is 1.25. The lowest BCUT2D eigenvalue weighted by Crippen LogP contribution is -2.44. The van der Waals surface area contributed by atoms with Crippen LogP contribution in [0.15, 0.2) is 41.4 Å². The van der Waals surface area contributed by atoms with Crippen molar-refractivity contribution in [1.82, 2.24) is 15.5 Å². The first-order valence-electron chi connectivity index (χ1n) is 10.6. The Hall–Kier alpha value is -2.81. The molecule has 31 heavy (non-hydrogen) atoms. The number of aromatic nitrogens is 2. The zero-order valence-electron chi connectivity index (χ0n) is 17.5. The van der Waals surface area contributed by atoms with E-state index in [1.807, 2.05) is 12.1 Å². The maximum Gasteiger partial charge on any atom is 0.234 e. The van der Waals surface area contributed by atoms with E-state index < -0.39 is 0 Å². The molecule has 2 heterocycles. The van der Waals surface area contributed by atoms with Crippen molar-refractivity contribution >= 4 is 35.1 Å². The molecule has 1 atom stereocenters. The minimum absolute atomic E-state index is 0.00634. The van der Waals surface area contributed by atoms with Crippen molar-refractivity contribution in [3.05, 3.63) is 36.4 Å². The molecule has 0 radical (unpaired) electrons. The standard InChI is InChI=1S/C22H27N5O3S/c1-30-18-8-6-16(7-9-18)23-20(28)14-31-21-11-10-19(25-26-21)27-12-2-3-15(13-27)22(29)24-17-4-5-17/h6-11,15,17H,2-5,12-14H2,1H3,(H,23,28)(H,24,29)/t15-/m0/s1. The van der Waals surface area contributed by atoms with Crippen molar-refractivity contribution in [3.8, 4) is 5.75 Å². The van der Waals surface area contributed by atoms with Gasteiger partial charge in [-0.3, -0.25) is 9.59 Å². The highest BCUT2D eigenvalue weighted by Crippen LogP contribution is 2.25. The Morgan fingerprint density at radius 1 is 1.13 bits per heavy atom. The average molecular weight is 442 g/mol. The number of methoxy groups -OCH3 is 1. The lowest BCUT2D eigenvalue weighted by atomic mass is 9.97. The number of rotatable bonds is 8.